The van der Waals surface area contributed by atoms with E-state index in [1.807, 2.05) is 0 Å². The van der Waals surface area contributed by atoms with Gasteiger partial charge < -0.3 is 16.6 Å². The van der Waals surface area contributed by atoms with Crippen LogP contribution in [0.4, 0.5) is 0 Å². The standard InChI is InChI=1S/C6H16N2.C2H4O2/c1-3-6(8,4-2)5-7;1-2(3)4/h3-5,7-8H2,1-2H3;1H3,(H,3,4). The van der Waals surface area contributed by atoms with Crippen molar-refractivity contribution in [3.05, 3.63) is 0 Å². The minimum Gasteiger partial charge on any atom is -0.481 e. The Morgan fingerprint density at radius 3 is 1.67 bits per heavy atom. The van der Waals surface area contributed by atoms with E-state index in [0.717, 1.165) is 19.8 Å². The van der Waals surface area contributed by atoms with Crippen LogP contribution in [0.25, 0.3) is 0 Å². The summed E-state index contributed by atoms with van der Waals surface area (Å²) in [4.78, 5) is 9.00. The molecular formula is C8H20N2O2. The maximum Gasteiger partial charge on any atom is 0.300 e. The van der Waals surface area contributed by atoms with E-state index in [9.17, 15) is 0 Å². The molecule has 0 unspecified atom stereocenters. The Morgan fingerprint density at radius 2 is 1.67 bits per heavy atom. The van der Waals surface area contributed by atoms with Crippen LogP contribution in [0.5, 0.6) is 0 Å². The highest BCUT2D eigenvalue weighted by Crippen LogP contribution is 2.07. The van der Waals surface area contributed by atoms with Gasteiger partial charge in [0.25, 0.3) is 5.97 Å². The van der Waals surface area contributed by atoms with E-state index in [-0.39, 0.29) is 5.54 Å². The molecule has 4 nitrogen and oxygen atoms in total. The first-order valence-corrected chi connectivity index (χ1v) is 4.10. The van der Waals surface area contributed by atoms with Gasteiger partial charge in [-0.25, -0.2) is 0 Å². The first kappa shape index (κ1) is 13.9. The monoisotopic (exact) mass is 176 g/mol. The number of carboxylic acids is 1. The van der Waals surface area contributed by atoms with E-state index in [1.165, 1.54) is 0 Å². The van der Waals surface area contributed by atoms with E-state index in [4.69, 9.17) is 21.4 Å². The van der Waals surface area contributed by atoms with Gasteiger partial charge in [-0.3, -0.25) is 4.79 Å². The summed E-state index contributed by atoms with van der Waals surface area (Å²) in [5.41, 5.74) is 11.1. The van der Waals surface area contributed by atoms with E-state index < -0.39 is 5.97 Å². The summed E-state index contributed by atoms with van der Waals surface area (Å²) in [5.74, 6) is -0.833. The van der Waals surface area contributed by atoms with Gasteiger partial charge >= 0.3 is 0 Å². The lowest BCUT2D eigenvalue weighted by Crippen LogP contribution is -2.45. The van der Waals surface area contributed by atoms with Gasteiger partial charge in [0.1, 0.15) is 0 Å². The number of nitrogens with two attached hydrogens (primary N) is 2. The predicted octanol–water partition coefficient (Wildman–Crippen LogP) is 0.554. The Morgan fingerprint density at radius 1 is 1.42 bits per heavy atom. The Labute approximate surface area is 73.9 Å². The molecule has 0 spiro atoms. The van der Waals surface area contributed by atoms with Gasteiger partial charge in [0.05, 0.1) is 0 Å². The molecule has 0 saturated carbocycles. The molecule has 0 aliphatic carbocycles. The summed E-state index contributed by atoms with van der Waals surface area (Å²) in [6.07, 6.45) is 1.94. The Balaban J connectivity index is 0. The number of aliphatic carboxylic acids is 1. The molecule has 4 heteroatoms. The van der Waals surface area contributed by atoms with Gasteiger partial charge in [-0.05, 0) is 12.8 Å². The molecule has 0 aliphatic rings. The lowest BCUT2D eigenvalue weighted by molar-refractivity contribution is -0.134. The highest BCUT2D eigenvalue weighted by molar-refractivity contribution is 5.62. The molecule has 0 aromatic heterocycles. The van der Waals surface area contributed by atoms with Gasteiger partial charge in [-0.15, -0.1) is 0 Å². The molecule has 0 atom stereocenters. The average molecular weight is 176 g/mol. The van der Waals surface area contributed by atoms with Crippen LogP contribution in [0.3, 0.4) is 0 Å². The minimum absolute atomic E-state index is 0.0972. The van der Waals surface area contributed by atoms with Crippen LogP contribution >= 0.6 is 0 Å². The molecule has 0 heterocycles. The SMILES string of the molecule is CC(=O)O.CCC(N)(CC)CN. The molecule has 0 fully saturated rings. The maximum atomic E-state index is 9.00. The van der Waals surface area contributed by atoms with Crippen molar-refractivity contribution >= 4 is 5.97 Å². The third-order valence-corrected chi connectivity index (χ3v) is 1.81. The van der Waals surface area contributed by atoms with Gasteiger partial charge in [0.15, 0.2) is 0 Å². The lowest BCUT2D eigenvalue weighted by atomic mass is 9.95. The zero-order valence-corrected chi connectivity index (χ0v) is 8.13. The normalized spacial score (nSPS) is 10.1. The molecule has 12 heavy (non-hydrogen) atoms. The fourth-order valence-corrected chi connectivity index (χ4v) is 0.539. The molecule has 74 valence electrons. The van der Waals surface area contributed by atoms with Crippen LogP contribution in [0.2, 0.25) is 0 Å². The van der Waals surface area contributed by atoms with Crippen molar-refractivity contribution in [2.45, 2.75) is 39.2 Å². The summed E-state index contributed by atoms with van der Waals surface area (Å²) in [6, 6.07) is 0. The summed E-state index contributed by atoms with van der Waals surface area (Å²) < 4.78 is 0. The van der Waals surface area contributed by atoms with Gasteiger partial charge in [0.2, 0.25) is 0 Å². The van der Waals surface area contributed by atoms with Crippen molar-refractivity contribution in [1.29, 1.82) is 0 Å². The second kappa shape index (κ2) is 7.06. The number of carbonyl (C=O) groups is 1. The predicted molar refractivity (Wildman–Crippen MR) is 49.9 cm³/mol. The molecule has 0 amide bonds. The van der Waals surface area contributed by atoms with Crippen molar-refractivity contribution in [3.8, 4) is 0 Å². The summed E-state index contributed by atoms with van der Waals surface area (Å²) >= 11 is 0. The van der Waals surface area contributed by atoms with Gasteiger partial charge in [-0.2, -0.15) is 0 Å². The average Bonchev–Trinajstić information content (AvgIpc) is 2.02. The lowest BCUT2D eigenvalue weighted by Gasteiger charge is -2.23. The quantitative estimate of drug-likeness (QED) is 0.586. The Bertz CT molecular complexity index is 110. The molecule has 0 saturated heterocycles. The fourth-order valence-electron chi connectivity index (χ4n) is 0.539. The highest BCUT2D eigenvalue weighted by atomic mass is 16.4. The van der Waals surface area contributed by atoms with Crippen molar-refractivity contribution in [3.63, 3.8) is 0 Å². The van der Waals surface area contributed by atoms with Gasteiger partial charge in [0, 0.05) is 19.0 Å². The summed E-state index contributed by atoms with van der Waals surface area (Å²) in [5, 5.41) is 7.42. The first-order valence-electron chi connectivity index (χ1n) is 4.10. The van der Waals surface area contributed by atoms with Crippen molar-refractivity contribution in [2.75, 3.05) is 6.54 Å². The number of carboxylic acid groups (broad SMARTS) is 1. The van der Waals surface area contributed by atoms with Crippen LogP contribution in [0.1, 0.15) is 33.6 Å². The second-order valence-electron chi connectivity index (χ2n) is 2.79. The van der Waals surface area contributed by atoms with Crippen molar-refractivity contribution in [1.82, 2.24) is 0 Å². The van der Waals surface area contributed by atoms with E-state index in [1.54, 1.807) is 0 Å². The number of hydrogen-bond acceptors (Lipinski definition) is 3. The van der Waals surface area contributed by atoms with Crippen LogP contribution in [0.15, 0.2) is 0 Å². The smallest absolute Gasteiger partial charge is 0.300 e. The number of hydrogen-bond donors (Lipinski definition) is 3. The Hall–Kier alpha value is -0.610. The molecule has 5 N–H and O–H groups in total. The summed E-state index contributed by atoms with van der Waals surface area (Å²) in [7, 11) is 0. The third-order valence-electron chi connectivity index (χ3n) is 1.81. The maximum absolute atomic E-state index is 9.00. The van der Waals surface area contributed by atoms with Crippen LogP contribution < -0.4 is 11.5 Å². The topological polar surface area (TPSA) is 89.3 Å². The highest BCUT2D eigenvalue weighted by Gasteiger charge is 2.16. The third kappa shape index (κ3) is 9.39. The molecule has 0 aromatic rings. The zero-order valence-electron chi connectivity index (χ0n) is 8.13. The molecule has 0 rings (SSSR count). The largest absolute Gasteiger partial charge is 0.481 e. The van der Waals surface area contributed by atoms with Crippen molar-refractivity contribution in [2.24, 2.45) is 11.5 Å². The molecule has 0 radical (unpaired) electrons. The summed E-state index contributed by atoms with van der Waals surface area (Å²) in [6.45, 7) is 5.81. The fraction of sp³-hybridized carbons (Fsp3) is 0.875. The van der Waals surface area contributed by atoms with Crippen LogP contribution in [0, 0.1) is 0 Å². The van der Waals surface area contributed by atoms with Gasteiger partial charge in [-0.1, -0.05) is 13.8 Å². The van der Waals surface area contributed by atoms with Crippen molar-refractivity contribution < 1.29 is 9.90 Å². The molecular weight excluding hydrogens is 156 g/mol. The van der Waals surface area contributed by atoms with E-state index >= 15 is 0 Å². The second-order valence-corrected chi connectivity index (χ2v) is 2.79. The van der Waals surface area contributed by atoms with Crippen LogP contribution in [-0.4, -0.2) is 23.2 Å². The molecule has 0 bridgehead atoms. The first-order chi connectivity index (χ1) is 5.41. The minimum atomic E-state index is -0.833. The Kier molecular flexibility index (Phi) is 8.21. The molecule has 0 aliphatic heterocycles. The van der Waals surface area contributed by atoms with Crippen LogP contribution in [-0.2, 0) is 4.79 Å². The number of rotatable bonds is 3. The van der Waals surface area contributed by atoms with E-state index in [0.29, 0.717) is 6.54 Å². The molecule has 0 aromatic carbocycles. The zero-order chi connectivity index (χ0) is 10.2. The van der Waals surface area contributed by atoms with E-state index in [2.05, 4.69) is 13.8 Å².